The highest BCUT2D eigenvalue weighted by atomic mass is 35.5. The lowest BCUT2D eigenvalue weighted by Gasteiger charge is -2.31. The third-order valence-electron chi connectivity index (χ3n) is 5.42. The highest BCUT2D eigenvalue weighted by molar-refractivity contribution is 5.85. The molecule has 2 aliphatic rings. The monoisotopic (exact) mass is 383 g/mol. The van der Waals surface area contributed by atoms with Gasteiger partial charge in [0.25, 0.3) is 0 Å². The van der Waals surface area contributed by atoms with Gasteiger partial charge in [-0.3, -0.25) is 0 Å². The average molecular weight is 384 g/mol. The van der Waals surface area contributed by atoms with Gasteiger partial charge in [-0.25, -0.2) is 0 Å². The maximum Gasteiger partial charge on any atom is 0.231 e. The molecule has 1 aromatic rings. The molecule has 0 aliphatic carbocycles. The first-order chi connectivity index (χ1) is 12.3. The number of nitrogens with zero attached hydrogens (tertiary/aromatic N) is 1. The third kappa shape index (κ3) is 6.55. The highest BCUT2D eigenvalue weighted by Crippen LogP contribution is 2.35. The molecule has 1 saturated heterocycles. The van der Waals surface area contributed by atoms with Crippen LogP contribution in [0, 0.1) is 5.92 Å². The summed E-state index contributed by atoms with van der Waals surface area (Å²) in [5.41, 5.74) is 0. The number of fused-ring (bicyclic) bond motifs is 1. The van der Waals surface area contributed by atoms with Crippen LogP contribution in [0.3, 0.4) is 0 Å². The second kappa shape index (κ2) is 11.6. The minimum absolute atomic E-state index is 0. The van der Waals surface area contributed by atoms with Gasteiger partial charge in [0.2, 0.25) is 6.79 Å². The molecule has 148 valence electrons. The molecule has 0 radical (unpaired) electrons. The van der Waals surface area contributed by atoms with Crippen molar-refractivity contribution >= 4 is 12.4 Å². The zero-order valence-electron chi connectivity index (χ0n) is 16.1. The van der Waals surface area contributed by atoms with Gasteiger partial charge in [0.15, 0.2) is 11.5 Å². The fourth-order valence-electron chi connectivity index (χ4n) is 3.75. The van der Waals surface area contributed by atoms with Crippen molar-refractivity contribution < 1.29 is 14.2 Å². The van der Waals surface area contributed by atoms with E-state index in [1.807, 2.05) is 18.2 Å². The minimum atomic E-state index is 0. The predicted octanol–water partition coefficient (Wildman–Crippen LogP) is 5.29. The number of rotatable bonds is 10. The van der Waals surface area contributed by atoms with Crippen LogP contribution < -0.4 is 14.2 Å². The van der Waals surface area contributed by atoms with E-state index >= 15 is 0 Å². The average Bonchev–Trinajstić information content (AvgIpc) is 3.11. The Morgan fingerprint density at radius 1 is 1.04 bits per heavy atom. The summed E-state index contributed by atoms with van der Waals surface area (Å²) >= 11 is 0. The quantitative estimate of drug-likeness (QED) is 0.514. The van der Waals surface area contributed by atoms with Crippen molar-refractivity contribution in [2.75, 3.05) is 33.0 Å². The van der Waals surface area contributed by atoms with Crippen LogP contribution in [-0.4, -0.2) is 37.9 Å². The summed E-state index contributed by atoms with van der Waals surface area (Å²) in [7, 11) is 0. The van der Waals surface area contributed by atoms with Gasteiger partial charge in [0.1, 0.15) is 5.75 Å². The van der Waals surface area contributed by atoms with E-state index < -0.39 is 0 Å². The van der Waals surface area contributed by atoms with Gasteiger partial charge in [-0.2, -0.15) is 0 Å². The van der Waals surface area contributed by atoms with Gasteiger partial charge < -0.3 is 19.1 Å². The number of likely N-dealkylation sites (tertiary alicyclic amines) is 1. The molecule has 0 unspecified atom stereocenters. The number of unbranched alkanes of at least 4 members (excludes halogenated alkanes) is 4. The van der Waals surface area contributed by atoms with Crippen LogP contribution in [0.2, 0.25) is 0 Å². The number of piperidine rings is 1. The number of ether oxygens (including phenoxy) is 3. The van der Waals surface area contributed by atoms with E-state index in [1.54, 1.807) is 0 Å². The normalized spacial score (nSPS) is 17.1. The summed E-state index contributed by atoms with van der Waals surface area (Å²) < 4.78 is 16.6. The van der Waals surface area contributed by atoms with Crippen molar-refractivity contribution in [2.45, 2.75) is 58.3 Å². The molecule has 0 bridgehead atoms. The molecule has 2 heterocycles. The molecule has 1 fully saturated rings. The molecule has 5 heteroatoms. The first kappa shape index (κ1) is 21.2. The van der Waals surface area contributed by atoms with Gasteiger partial charge in [-0.1, -0.05) is 32.6 Å². The summed E-state index contributed by atoms with van der Waals surface area (Å²) in [6.45, 7) is 7.22. The molecular formula is C21H34ClNO3. The SMILES string of the molecule is CCCCCCCN1CCC(CCOc2ccc3c(c2)OCO3)CC1.Cl. The van der Waals surface area contributed by atoms with E-state index in [0.717, 1.165) is 36.2 Å². The minimum Gasteiger partial charge on any atom is -0.493 e. The van der Waals surface area contributed by atoms with Crippen molar-refractivity contribution in [1.82, 2.24) is 4.90 Å². The fraction of sp³-hybridized carbons (Fsp3) is 0.714. The maximum absolute atomic E-state index is 5.91. The largest absolute Gasteiger partial charge is 0.493 e. The van der Waals surface area contributed by atoms with Crippen LogP contribution >= 0.6 is 12.4 Å². The van der Waals surface area contributed by atoms with Crippen molar-refractivity contribution in [3.8, 4) is 17.2 Å². The first-order valence-corrected chi connectivity index (χ1v) is 10.1. The number of hydrogen-bond donors (Lipinski definition) is 0. The van der Waals surface area contributed by atoms with Gasteiger partial charge in [-0.15, -0.1) is 12.4 Å². The Hall–Kier alpha value is -1.13. The zero-order chi connectivity index (χ0) is 17.3. The Morgan fingerprint density at radius 2 is 1.81 bits per heavy atom. The Labute approximate surface area is 164 Å². The summed E-state index contributed by atoms with van der Waals surface area (Å²) in [5, 5.41) is 0. The zero-order valence-corrected chi connectivity index (χ0v) is 16.9. The topological polar surface area (TPSA) is 30.9 Å². The van der Waals surface area contributed by atoms with Crippen LogP contribution in [0.5, 0.6) is 17.2 Å². The van der Waals surface area contributed by atoms with Crippen LogP contribution in [0.25, 0.3) is 0 Å². The molecule has 26 heavy (non-hydrogen) atoms. The fourth-order valence-corrected chi connectivity index (χ4v) is 3.75. The smallest absolute Gasteiger partial charge is 0.231 e. The van der Waals surface area contributed by atoms with Crippen molar-refractivity contribution in [2.24, 2.45) is 5.92 Å². The second-order valence-corrected chi connectivity index (χ2v) is 7.35. The maximum atomic E-state index is 5.91. The Morgan fingerprint density at radius 3 is 2.62 bits per heavy atom. The summed E-state index contributed by atoms with van der Waals surface area (Å²) in [6, 6.07) is 5.83. The molecule has 0 atom stereocenters. The van der Waals surface area contributed by atoms with Crippen molar-refractivity contribution in [3.05, 3.63) is 18.2 Å². The van der Waals surface area contributed by atoms with Gasteiger partial charge >= 0.3 is 0 Å². The molecule has 2 aliphatic heterocycles. The lowest BCUT2D eigenvalue weighted by Crippen LogP contribution is -2.34. The molecule has 1 aromatic carbocycles. The Balaban J connectivity index is 0.00000243. The molecule has 0 amide bonds. The molecule has 0 spiro atoms. The van der Waals surface area contributed by atoms with Crippen LogP contribution in [0.15, 0.2) is 18.2 Å². The first-order valence-electron chi connectivity index (χ1n) is 10.1. The van der Waals surface area contributed by atoms with Crippen molar-refractivity contribution in [1.29, 1.82) is 0 Å². The summed E-state index contributed by atoms with van der Waals surface area (Å²) in [6.07, 6.45) is 10.7. The standard InChI is InChI=1S/C21H33NO3.ClH/c1-2-3-4-5-6-12-22-13-9-18(10-14-22)11-15-23-19-7-8-20-21(16-19)25-17-24-20;/h7-8,16,18H,2-6,9-15,17H2,1H3;1H. The highest BCUT2D eigenvalue weighted by Gasteiger charge is 2.19. The predicted molar refractivity (Wildman–Crippen MR) is 108 cm³/mol. The Bertz CT molecular complexity index is 518. The van der Waals surface area contributed by atoms with E-state index in [4.69, 9.17) is 14.2 Å². The number of halogens is 1. The van der Waals surface area contributed by atoms with E-state index in [0.29, 0.717) is 6.79 Å². The molecule has 4 nitrogen and oxygen atoms in total. The molecule has 0 saturated carbocycles. The Kier molecular flexibility index (Phi) is 9.41. The summed E-state index contributed by atoms with van der Waals surface area (Å²) in [4.78, 5) is 2.65. The summed E-state index contributed by atoms with van der Waals surface area (Å²) in [5.74, 6) is 3.30. The molecular weight excluding hydrogens is 350 g/mol. The number of hydrogen-bond acceptors (Lipinski definition) is 4. The van der Waals surface area contributed by atoms with Crippen LogP contribution in [-0.2, 0) is 0 Å². The van der Waals surface area contributed by atoms with Crippen LogP contribution in [0.4, 0.5) is 0 Å². The van der Waals surface area contributed by atoms with E-state index in [1.165, 1.54) is 64.6 Å². The molecule has 0 aromatic heterocycles. The van der Waals surface area contributed by atoms with E-state index in [2.05, 4.69) is 11.8 Å². The lowest BCUT2D eigenvalue weighted by molar-refractivity contribution is 0.161. The number of benzene rings is 1. The molecule has 3 rings (SSSR count). The molecule has 0 N–H and O–H groups in total. The third-order valence-corrected chi connectivity index (χ3v) is 5.42. The van der Waals surface area contributed by atoms with E-state index in [-0.39, 0.29) is 12.4 Å². The van der Waals surface area contributed by atoms with Gasteiger partial charge in [0.05, 0.1) is 6.61 Å². The van der Waals surface area contributed by atoms with Gasteiger partial charge in [0, 0.05) is 6.07 Å². The van der Waals surface area contributed by atoms with E-state index in [9.17, 15) is 0 Å². The van der Waals surface area contributed by atoms with Crippen LogP contribution in [0.1, 0.15) is 58.3 Å². The lowest BCUT2D eigenvalue weighted by atomic mass is 9.94. The second-order valence-electron chi connectivity index (χ2n) is 7.35. The van der Waals surface area contributed by atoms with Crippen molar-refractivity contribution in [3.63, 3.8) is 0 Å². The van der Waals surface area contributed by atoms with Gasteiger partial charge in [-0.05, 0) is 63.4 Å².